The van der Waals surface area contributed by atoms with Crippen LogP contribution in [0.25, 0.3) is 0 Å². The Balaban J connectivity index is 1.44. The maximum Gasteiger partial charge on any atom is 0.315 e. The lowest BCUT2D eigenvalue weighted by molar-refractivity contribution is 0.174. The van der Waals surface area contributed by atoms with E-state index in [-0.39, 0.29) is 30.7 Å². The number of rotatable bonds is 6. The summed E-state index contributed by atoms with van der Waals surface area (Å²) < 4.78 is 24.1. The summed E-state index contributed by atoms with van der Waals surface area (Å²) in [4.78, 5) is 12.6. The number of ether oxygens (including phenoxy) is 2. The van der Waals surface area contributed by atoms with Crippen molar-refractivity contribution < 1.29 is 18.7 Å². The smallest absolute Gasteiger partial charge is 0.315 e. The average molecular weight is 398 g/mol. The largest absolute Gasteiger partial charge is 0.454 e. The molecule has 2 aromatic rings. The molecule has 4 rings (SSSR count). The van der Waals surface area contributed by atoms with Crippen molar-refractivity contribution >= 4 is 6.03 Å². The van der Waals surface area contributed by atoms with Gasteiger partial charge in [0.1, 0.15) is 5.82 Å². The predicted octanol–water partition coefficient (Wildman–Crippen LogP) is 4.34. The van der Waals surface area contributed by atoms with E-state index in [1.165, 1.54) is 31.4 Å². The summed E-state index contributed by atoms with van der Waals surface area (Å²) in [6.07, 6.45) is 6.93. The van der Waals surface area contributed by atoms with Gasteiger partial charge in [-0.15, -0.1) is 0 Å². The van der Waals surface area contributed by atoms with Crippen LogP contribution in [0.15, 0.2) is 42.5 Å². The van der Waals surface area contributed by atoms with Crippen molar-refractivity contribution in [3.63, 3.8) is 0 Å². The second kappa shape index (κ2) is 9.16. The fourth-order valence-electron chi connectivity index (χ4n) is 4.09. The van der Waals surface area contributed by atoms with Gasteiger partial charge in [-0.1, -0.05) is 37.5 Å². The van der Waals surface area contributed by atoms with E-state index in [0.717, 1.165) is 35.5 Å². The first-order chi connectivity index (χ1) is 14.2. The van der Waals surface area contributed by atoms with Crippen LogP contribution in [0.2, 0.25) is 0 Å². The van der Waals surface area contributed by atoms with Crippen LogP contribution >= 0.6 is 0 Å². The molecular weight excluding hydrogens is 371 g/mol. The highest BCUT2D eigenvalue weighted by atomic mass is 19.1. The van der Waals surface area contributed by atoms with Crippen LogP contribution in [-0.2, 0) is 12.8 Å². The standard InChI is InChI=1S/C23H27FN2O3/c24-18-9-6-16(7-10-18)12-20(26-23(27)25-19-4-2-1-3-5-19)13-17-8-11-21-22(14-17)29-15-28-21/h6-11,14,19-20H,1-5,12-13,15H2,(H2,25,26,27). The van der Waals surface area contributed by atoms with Crippen molar-refractivity contribution in [3.8, 4) is 11.5 Å². The number of benzene rings is 2. The van der Waals surface area contributed by atoms with Gasteiger partial charge in [0.15, 0.2) is 11.5 Å². The predicted molar refractivity (Wildman–Crippen MR) is 109 cm³/mol. The molecule has 5 nitrogen and oxygen atoms in total. The van der Waals surface area contributed by atoms with E-state index in [4.69, 9.17) is 9.47 Å². The molecule has 0 aromatic heterocycles. The van der Waals surface area contributed by atoms with Gasteiger partial charge < -0.3 is 20.1 Å². The summed E-state index contributed by atoms with van der Waals surface area (Å²) in [5.41, 5.74) is 2.04. The summed E-state index contributed by atoms with van der Waals surface area (Å²) in [5, 5.41) is 6.24. The van der Waals surface area contributed by atoms with Crippen LogP contribution in [0.4, 0.5) is 9.18 Å². The molecule has 154 valence electrons. The Morgan fingerprint density at radius 2 is 1.66 bits per heavy atom. The van der Waals surface area contributed by atoms with E-state index in [1.807, 2.05) is 18.2 Å². The molecular formula is C23H27FN2O3. The van der Waals surface area contributed by atoms with E-state index in [0.29, 0.717) is 12.8 Å². The van der Waals surface area contributed by atoms with Crippen LogP contribution in [0.3, 0.4) is 0 Å². The van der Waals surface area contributed by atoms with Crippen molar-refractivity contribution in [2.24, 2.45) is 0 Å². The van der Waals surface area contributed by atoms with Crippen LogP contribution in [0, 0.1) is 5.82 Å². The van der Waals surface area contributed by atoms with Gasteiger partial charge in [0.2, 0.25) is 6.79 Å². The lowest BCUT2D eigenvalue weighted by atomic mass is 9.95. The molecule has 2 N–H and O–H groups in total. The second-order valence-electron chi connectivity index (χ2n) is 7.87. The highest BCUT2D eigenvalue weighted by molar-refractivity contribution is 5.74. The summed E-state index contributed by atoms with van der Waals surface area (Å²) in [6, 6.07) is 12.3. The monoisotopic (exact) mass is 398 g/mol. The molecule has 1 unspecified atom stereocenters. The van der Waals surface area contributed by atoms with Gasteiger partial charge in [0.25, 0.3) is 0 Å². The molecule has 0 spiro atoms. The van der Waals surface area contributed by atoms with Gasteiger partial charge in [-0.25, -0.2) is 9.18 Å². The van der Waals surface area contributed by atoms with Crippen molar-refractivity contribution in [3.05, 3.63) is 59.4 Å². The number of hydrogen-bond donors (Lipinski definition) is 2. The molecule has 1 fully saturated rings. The van der Waals surface area contributed by atoms with E-state index < -0.39 is 0 Å². The minimum absolute atomic E-state index is 0.121. The highest BCUT2D eigenvalue weighted by Gasteiger charge is 2.20. The molecule has 0 saturated heterocycles. The Hall–Kier alpha value is -2.76. The number of amides is 2. The Labute approximate surface area is 170 Å². The number of carbonyl (C=O) groups is 1. The average Bonchev–Trinajstić information content (AvgIpc) is 3.18. The number of fused-ring (bicyclic) bond motifs is 1. The van der Waals surface area contributed by atoms with E-state index in [9.17, 15) is 9.18 Å². The summed E-state index contributed by atoms with van der Waals surface area (Å²) in [6.45, 7) is 0.236. The summed E-state index contributed by atoms with van der Waals surface area (Å²) in [5.74, 6) is 1.21. The van der Waals surface area contributed by atoms with Crippen molar-refractivity contribution in [2.45, 2.75) is 57.0 Å². The van der Waals surface area contributed by atoms with Crippen LogP contribution in [-0.4, -0.2) is 24.9 Å². The third-order valence-electron chi connectivity index (χ3n) is 5.59. The zero-order valence-electron chi connectivity index (χ0n) is 16.5. The zero-order chi connectivity index (χ0) is 20.1. The molecule has 0 radical (unpaired) electrons. The van der Waals surface area contributed by atoms with Crippen LogP contribution in [0.5, 0.6) is 11.5 Å². The first kappa shape index (κ1) is 19.6. The molecule has 2 amide bonds. The Morgan fingerprint density at radius 1 is 0.966 bits per heavy atom. The minimum atomic E-state index is -0.260. The highest BCUT2D eigenvalue weighted by Crippen LogP contribution is 2.33. The quantitative estimate of drug-likeness (QED) is 0.761. The molecule has 1 atom stereocenters. The molecule has 6 heteroatoms. The number of halogens is 1. The molecule has 1 aliphatic carbocycles. The number of nitrogens with one attached hydrogen (secondary N) is 2. The molecule has 2 aromatic carbocycles. The number of carbonyl (C=O) groups excluding carboxylic acids is 1. The Kier molecular flexibility index (Phi) is 6.17. The zero-order valence-corrected chi connectivity index (χ0v) is 16.5. The normalized spacial score (nSPS) is 17.0. The fraction of sp³-hybridized carbons (Fsp3) is 0.435. The minimum Gasteiger partial charge on any atom is -0.454 e. The molecule has 1 heterocycles. The van der Waals surface area contributed by atoms with E-state index >= 15 is 0 Å². The molecule has 0 bridgehead atoms. The third kappa shape index (κ3) is 5.40. The van der Waals surface area contributed by atoms with E-state index in [2.05, 4.69) is 10.6 Å². The first-order valence-corrected chi connectivity index (χ1v) is 10.4. The van der Waals surface area contributed by atoms with Crippen LogP contribution < -0.4 is 20.1 Å². The molecule has 2 aliphatic rings. The molecule has 1 aliphatic heterocycles. The number of hydrogen-bond acceptors (Lipinski definition) is 3. The van der Waals surface area contributed by atoms with Gasteiger partial charge in [-0.05, 0) is 61.1 Å². The SMILES string of the molecule is O=C(NC1CCCCC1)NC(Cc1ccc(F)cc1)Cc1ccc2c(c1)OCO2. The second-order valence-corrected chi connectivity index (χ2v) is 7.87. The maximum absolute atomic E-state index is 13.3. The topological polar surface area (TPSA) is 59.6 Å². The Bertz CT molecular complexity index is 835. The van der Waals surface area contributed by atoms with Crippen LogP contribution in [0.1, 0.15) is 43.2 Å². The molecule has 29 heavy (non-hydrogen) atoms. The third-order valence-corrected chi connectivity index (χ3v) is 5.59. The fourth-order valence-corrected chi connectivity index (χ4v) is 4.09. The maximum atomic E-state index is 13.3. The Morgan fingerprint density at radius 3 is 2.45 bits per heavy atom. The van der Waals surface area contributed by atoms with Gasteiger partial charge in [-0.3, -0.25) is 0 Å². The summed E-state index contributed by atoms with van der Waals surface area (Å²) >= 11 is 0. The van der Waals surface area contributed by atoms with Gasteiger partial charge in [0, 0.05) is 12.1 Å². The number of urea groups is 1. The molecule has 1 saturated carbocycles. The van der Waals surface area contributed by atoms with Gasteiger partial charge >= 0.3 is 6.03 Å². The summed E-state index contributed by atoms with van der Waals surface area (Å²) in [7, 11) is 0. The lowest BCUT2D eigenvalue weighted by Gasteiger charge is -2.25. The van der Waals surface area contributed by atoms with Gasteiger partial charge in [-0.2, -0.15) is 0 Å². The lowest BCUT2D eigenvalue weighted by Crippen LogP contribution is -2.48. The first-order valence-electron chi connectivity index (χ1n) is 10.4. The van der Waals surface area contributed by atoms with E-state index in [1.54, 1.807) is 12.1 Å². The van der Waals surface area contributed by atoms with Crippen molar-refractivity contribution in [1.82, 2.24) is 10.6 Å². The van der Waals surface area contributed by atoms with Crippen molar-refractivity contribution in [2.75, 3.05) is 6.79 Å². The van der Waals surface area contributed by atoms with Crippen molar-refractivity contribution in [1.29, 1.82) is 0 Å². The van der Waals surface area contributed by atoms with Gasteiger partial charge in [0.05, 0.1) is 0 Å².